The number of hydrogen-bond donors (Lipinski definition) is 2. The maximum atomic E-state index is 9.53. The average Bonchev–Trinajstić information content (AvgIpc) is 2.07. The summed E-state index contributed by atoms with van der Waals surface area (Å²) in [5.74, 6) is 0. The number of aliphatic hydroxyl groups is 2. The minimum atomic E-state index is -0.319. The molecule has 0 aliphatic heterocycles. The van der Waals surface area contributed by atoms with Crippen molar-refractivity contribution in [3.8, 4) is 0 Å². The standard InChI is InChI=1S/C10H18O2/c1-2-3-4-8-7-9(11)5-6-10(8)12/h7,9-12H,2-6H2,1H3/t9-,10+/m1/s1. The Labute approximate surface area is 73.9 Å². The molecule has 12 heavy (non-hydrogen) atoms. The van der Waals surface area contributed by atoms with Gasteiger partial charge in [-0.15, -0.1) is 0 Å². The Bertz CT molecular complexity index is 163. The van der Waals surface area contributed by atoms with Crippen LogP contribution in [0.15, 0.2) is 11.6 Å². The Morgan fingerprint density at radius 3 is 2.83 bits per heavy atom. The first kappa shape index (κ1) is 9.75. The van der Waals surface area contributed by atoms with Crippen molar-refractivity contribution >= 4 is 0 Å². The summed E-state index contributed by atoms with van der Waals surface area (Å²) in [7, 11) is 0. The molecule has 1 aliphatic carbocycles. The molecule has 2 nitrogen and oxygen atoms in total. The van der Waals surface area contributed by atoms with Crippen LogP contribution in [0.1, 0.15) is 39.0 Å². The quantitative estimate of drug-likeness (QED) is 0.632. The zero-order valence-electron chi connectivity index (χ0n) is 7.66. The van der Waals surface area contributed by atoms with Gasteiger partial charge in [0.25, 0.3) is 0 Å². The van der Waals surface area contributed by atoms with Crippen LogP contribution in [0.2, 0.25) is 0 Å². The lowest BCUT2D eigenvalue weighted by Crippen LogP contribution is -2.21. The zero-order valence-corrected chi connectivity index (χ0v) is 7.66. The van der Waals surface area contributed by atoms with Crippen molar-refractivity contribution in [1.82, 2.24) is 0 Å². The van der Waals surface area contributed by atoms with E-state index in [0.717, 1.165) is 31.3 Å². The highest BCUT2D eigenvalue weighted by Crippen LogP contribution is 2.22. The third-order valence-electron chi connectivity index (χ3n) is 2.39. The molecule has 2 atom stereocenters. The lowest BCUT2D eigenvalue weighted by atomic mass is 9.91. The van der Waals surface area contributed by atoms with Gasteiger partial charge in [0.15, 0.2) is 0 Å². The summed E-state index contributed by atoms with van der Waals surface area (Å²) >= 11 is 0. The van der Waals surface area contributed by atoms with E-state index < -0.39 is 0 Å². The minimum absolute atomic E-state index is 0.292. The van der Waals surface area contributed by atoms with E-state index in [4.69, 9.17) is 0 Å². The highest BCUT2D eigenvalue weighted by Gasteiger charge is 2.18. The van der Waals surface area contributed by atoms with Crippen molar-refractivity contribution in [2.75, 3.05) is 0 Å². The topological polar surface area (TPSA) is 40.5 Å². The second-order valence-corrected chi connectivity index (χ2v) is 3.51. The van der Waals surface area contributed by atoms with E-state index >= 15 is 0 Å². The smallest absolute Gasteiger partial charge is 0.0752 e. The van der Waals surface area contributed by atoms with E-state index in [2.05, 4.69) is 6.92 Å². The van der Waals surface area contributed by atoms with Gasteiger partial charge in [-0.3, -0.25) is 0 Å². The van der Waals surface area contributed by atoms with Crippen molar-refractivity contribution < 1.29 is 10.2 Å². The van der Waals surface area contributed by atoms with Crippen LogP contribution in [0.25, 0.3) is 0 Å². The van der Waals surface area contributed by atoms with Gasteiger partial charge in [-0.05, 0) is 31.3 Å². The van der Waals surface area contributed by atoms with Gasteiger partial charge in [0.1, 0.15) is 0 Å². The van der Waals surface area contributed by atoms with Crippen LogP contribution in [0.5, 0.6) is 0 Å². The maximum absolute atomic E-state index is 9.53. The summed E-state index contributed by atoms with van der Waals surface area (Å²) in [6.45, 7) is 2.13. The van der Waals surface area contributed by atoms with Crippen molar-refractivity contribution in [2.24, 2.45) is 0 Å². The molecule has 0 aromatic heterocycles. The van der Waals surface area contributed by atoms with Gasteiger partial charge >= 0.3 is 0 Å². The molecule has 0 saturated carbocycles. The number of rotatable bonds is 3. The van der Waals surface area contributed by atoms with Gasteiger partial charge in [0.2, 0.25) is 0 Å². The van der Waals surface area contributed by atoms with Crippen LogP contribution in [0, 0.1) is 0 Å². The average molecular weight is 170 g/mol. The van der Waals surface area contributed by atoms with E-state index in [1.807, 2.05) is 6.08 Å². The van der Waals surface area contributed by atoms with Crippen LogP contribution in [-0.2, 0) is 0 Å². The first-order chi connectivity index (χ1) is 5.74. The molecule has 0 aromatic carbocycles. The lowest BCUT2D eigenvalue weighted by molar-refractivity contribution is 0.133. The number of aliphatic hydroxyl groups excluding tert-OH is 2. The van der Waals surface area contributed by atoms with Gasteiger partial charge in [0, 0.05) is 0 Å². The van der Waals surface area contributed by atoms with Crippen LogP contribution in [0.4, 0.5) is 0 Å². The molecule has 0 radical (unpaired) electrons. The molecular formula is C10H18O2. The molecule has 0 saturated heterocycles. The maximum Gasteiger partial charge on any atom is 0.0752 e. The first-order valence-electron chi connectivity index (χ1n) is 4.80. The van der Waals surface area contributed by atoms with Crippen LogP contribution >= 0.6 is 0 Å². The molecule has 1 aliphatic rings. The Kier molecular flexibility index (Phi) is 3.76. The molecule has 1 rings (SSSR count). The summed E-state index contributed by atoms with van der Waals surface area (Å²) in [5.41, 5.74) is 1.04. The molecule has 0 bridgehead atoms. The van der Waals surface area contributed by atoms with E-state index in [9.17, 15) is 10.2 Å². The van der Waals surface area contributed by atoms with E-state index in [1.165, 1.54) is 0 Å². The predicted molar refractivity (Wildman–Crippen MR) is 48.9 cm³/mol. The number of unbranched alkanes of at least 4 members (excludes halogenated alkanes) is 1. The SMILES string of the molecule is CCCCC1=C[C@H](O)CC[C@@H]1O. The van der Waals surface area contributed by atoms with Crippen molar-refractivity contribution in [2.45, 2.75) is 51.2 Å². The van der Waals surface area contributed by atoms with Gasteiger partial charge in [-0.2, -0.15) is 0 Å². The summed E-state index contributed by atoms with van der Waals surface area (Å²) < 4.78 is 0. The second-order valence-electron chi connectivity index (χ2n) is 3.51. The lowest BCUT2D eigenvalue weighted by Gasteiger charge is -2.22. The first-order valence-corrected chi connectivity index (χ1v) is 4.80. The van der Waals surface area contributed by atoms with Crippen molar-refractivity contribution in [3.63, 3.8) is 0 Å². The van der Waals surface area contributed by atoms with Gasteiger partial charge in [-0.1, -0.05) is 19.4 Å². The fourth-order valence-electron chi connectivity index (χ4n) is 1.59. The van der Waals surface area contributed by atoms with Crippen LogP contribution in [-0.4, -0.2) is 22.4 Å². The van der Waals surface area contributed by atoms with Gasteiger partial charge < -0.3 is 10.2 Å². The molecule has 2 heteroatoms. The highest BCUT2D eigenvalue weighted by molar-refractivity contribution is 5.13. The van der Waals surface area contributed by atoms with Crippen LogP contribution < -0.4 is 0 Å². The highest BCUT2D eigenvalue weighted by atomic mass is 16.3. The zero-order chi connectivity index (χ0) is 8.97. The number of hydrogen-bond acceptors (Lipinski definition) is 2. The molecule has 2 N–H and O–H groups in total. The normalized spacial score (nSPS) is 30.1. The van der Waals surface area contributed by atoms with Gasteiger partial charge in [-0.25, -0.2) is 0 Å². The Morgan fingerprint density at radius 2 is 2.17 bits per heavy atom. The monoisotopic (exact) mass is 170 g/mol. The predicted octanol–water partition coefficient (Wildman–Crippen LogP) is 1.62. The summed E-state index contributed by atoms with van der Waals surface area (Å²) in [4.78, 5) is 0. The van der Waals surface area contributed by atoms with Crippen molar-refractivity contribution in [1.29, 1.82) is 0 Å². The molecule has 0 aromatic rings. The van der Waals surface area contributed by atoms with Crippen LogP contribution in [0.3, 0.4) is 0 Å². The summed E-state index contributed by atoms with van der Waals surface area (Å²) in [6.07, 6.45) is 5.82. The Morgan fingerprint density at radius 1 is 1.42 bits per heavy atom. The molecule has 0 heterocycles. The fraction of sp³-hybridized carbons (Fsp3) is 0.800. The molecular weight excluding hydrogens is 152 g/mol. The Hall–Kier alpha value is -0.340. The third-order valence-corrected chi connectivity index (χ3v) is 2.39. The van der Waals surface area contributed by atoms with Crippen molar-refractivity contribution in [3.05, 3.63) is 11.6 Å². The molecule has 0 amide bonds. The second kappa shape index (κ2) is 4.63. The summed E-state index contributed by atoms with van der Waals surface area (Å²) in [6, 6.07) is 0. The molecule has 0 unspecified atom stereocenters. The van der Waals surface area contributed by atoms with E-state index in [1.54, 1.807) is 0 Å². The molecule has 70 valence electrons. The van der Waals surface area contributed by atoms with Gasteiger partial charge in [0.05, 0.1) is 12.2 Å². The largest absolute Gasteiger partial charge is 0.389 e. The fourth-order valence-corrected chi connectivity index (χ4v) is 1.59. The van der Waals surface area contributed by atoms with E-state index in [-0.39, 0.29) is 12.2 Å². The minimum Gasteiger partial charge on any atom is -0.389 e. The summed E-state index contributed by atoms with van der Waals surface area (Å²) in [5, 5.41) is 18.8. The molecule has 0 fully saturated rings. The molecule has 0 spiro atoms. The van der Waals surface area contributed by atoms with E-state index in [0.29, 0.717) is 6.42 Å². The Balaban J connectivity index is 2.46. The third kappa shape index (κ3) is 2.61.